The Morgan fingerprint density at radius 3 is 2.33 bits per heavy atom. The molecular formula is C16H30N4O. The van der Waals surface area contributed by atoms with Crippen molar-refractivity contribution in [3.05, 3.63) is 0 Å². The van der Waals surface area contributed by atoms with Crippen LogP contribution in [0.3, 0.4) is 0 Å². The molecule has 1 aliphatic rings. The molecule has 1 aliphatic heterocycles. The average molecular weight is 294 g/mol. The van der Waals surface area contributed by atoms with Gasteiger partial charge in [-0.1, -0.05) is 26.7 Å². The third kappa shape index (κ3) is 6.45. The summed E-state index contributed by atoms with van der Waals surface area (Å²) in [5.41, 5.74) is 0. The molecule has 1 rings (SSSR count). The van der Waals surface area contributed by atoms with Crippen molar-refractivity contribution in [2.75, 3.05) is 32.7 Å². The van der Waals surface area contributed by atoms with Crippen molar-refractivity contribution >= 4 is 5.91 Å². The van der Waals surface area contributed by atoms with E-state index in [9.17, 15) is 10.1 Å². The number of piperazine rings is 1. The molecule has 1 fully saturated rings. The summed E-state index contributed by atoms with van der Waals surface area (Å²) in [5, 5.41) is 12.2. The van der Waals surface area contributed by atoms with Gasteiger partial charge in [-0.25, -0.2) is 0 Å². The van der Waals surface area contributed by atoms with Gasteiger partial charge in [0.15, 0.2) is 0 Å². The molecule has 0 radical (unpaired) electrons. The smallest absolute Gasteiger partial charge is 0.234 e. The molecule has 21 heavy (non-hydrogen) atoms. The predicted molar refractivity (Wildman–Crippen MR) is 84.8 cm³/mol. The zero-order chi connectivity index (χ0) is 15.7. The van der Waals surface area contributed by atoms with E-state index in [1.54, 1.807) is 0 Å². The first-order chi connectivity index (χ1) is 10.1. The number of hydrogen-bond acceptors (Lipinski definition) is 4. The summed E-state index contributed by atoms with van der Waals surface area (Å²) in [5.74, 6) is 0.120. The van der Waals surface area contributed by atoms with Gasteiger partial charge in [0.2, 0.25) is 5.91 Å². The lowest BCUT2D eigenvalue weighted by molar-refractivity contribution is -0.123. The van der Waals surface area contributed by atoms with Crippen LogP contribution >= 0.6 is 0 Å². The maximum absolute atomic E-state index is 12.0. The predicted octanol–water partition coefficient (Wildman–Crippen LogP) is 1.60. The number of nitrogens with zero attached hydrogens (tertiary/aromatic N) is 3. The van der Waals surface area contributed by atoms with E-state index in [0.29, 0.717) is 6.54 Å². The van der Waals surface area contributed by atoms with E-state index in [4.69, 9.17) is 0 Å². The highest BCUT2D eigenvalue weighted by atomic mass is 16.2. The van der Waals surface area contributed by atoms with Crippen LogP contribution in [0.15, 0.2) is 0 Å². The summed E-state index contributed by atoms with van der Waals surface area (Å²) in [6, 6.07) is 2.69. The van der Waals surface area contributed by atoms with Crippen LogP contribution in [0.25, 0.3) is 0 Å². The van der Waals surface area contributed by atoms with Crippen molar-refractivity contribution in [2.45, 2.75) is 58.5 Å². The third-order valence-corrected chi connectivity index (χ3v) is 4.06. The van der Waals surface area contributed by atoms with Crippen LogP contribution in [0.1, 0.15) is 46.5 Å². The highest BCUT2D eigenvalue weighted by molar-refractivity contribution is 5.78. The van der Waals surface area contributed by atoms with Gasteiger partial charge in [-0.05, 0) is 19.8 Å². The number of nitrogens with one attached hydrogen (secondary N) is 1. The summed E-state index contributed by atoms with van der Waals surface area (Å²) in [6.45, 7) is 10.3. The van der Waals surface area contributed by atoms with Crippen molar-refractivity contribution in [1.29, 1.82) is 5.26 Å². The van der Waals surface area contributed by atoms with Crippen LogP contribution in [0.5, 0.6) is 0 Å². The fourth-order valence-corrected chi connectivity index (χ4v) is 2.86. The molecule has 0 aliphatic carbocycles. The molecule has 1 N–H and O–H groups in total. The van der Waals surface area contributed by atoms with Crippen LogP contribution in [-0.4, -0.2) is 60.5 Å². The average Bonchev–Trinajstić information content (AvgIpc) is 2.45. The lowest BCUT2D eigenvalue weighted by Gasteiger charge is -2.36. The number of carbonyl (C=O) groups excluding carboxylic acids is 1. The number of hydrogen-bond donors (Lipinski definition) is 1. The minimum Gasteiger partial charge on any atom is -0.353 e. The summed E-state index contributed by atoms with van der Waals surface area (Å²) in [7, 11) is 0. The first-order valence-electron chi connectivity index (χ1n) is 8.26. The van der Waals surface area contributed by atoms with Crippen LogP contribution in [-0.2, 0) is 4.79 Å². The Kier molecular flexibility index (Phi) is 8.33. The van der Waals surface area contributed by atoms with Gasteiger partial charge in [-0.15, -0.1) is 0 Å². The number of nitriles is 1. The molecule has 120 valence electrons. The van der Waals surface area contributed by atoms with Gasteiger partial charge in [-0.3, -0.25) is 14.6 Å². The minimum absolute atomic E-state index is 0.0375. The van der Waals surface area contributed by atoms with E-state index in [2.05, 4.69) is 42.0 Å². The first-order valence-corrected chi connectivity index (χ1v) is 8.26. The van der Waals surface area contributed by atoms with Crippen molar-refractivity contribution in [2.24, 2.45) is 0 Å². The lowest BCUT2D eigenvalue weighted by atomic mass is 10.1. The zero-order valence-corrected chi connectivity index (χ0v) is 13.8. The number of amides is 1. The van der Waals surface area contributed by atoms with Crippen molar-refractivity contribution in [3.8, 4) is 6.07 Å². The van der Waals surface area contributed by atoms with Gasteiger partial charge in [0.25, 0.3) is 0 Å². The quantitative estimate of drug-likeness (QED) is 0.739. The van der Waals surface area contributed by atoms with E-state index in [-0.39, 0.29) is 18.0 Å². The Hall–Kier alpha value is -1.12. The molecule has 0 aromatic rings. The summed E-state index contributed by atoms with van der Waals surface area (Å²) >= 11 is 0. The molecule has 2 unspecified atom stereocenters. The molecule has 0 bridgehead atoms. The summed E-state index contributed by atoms with van der Waals surface area (Å²) in [4.78, 5) is 16.4. The molecule has 5 nitrogen and oxygen atoms in total. The molecule has 0 aromatic heterocycles. The van der Waals surface area contributed by atoms with E-state index in [0.717, 1.165) is 51.9 Å². The van der Waals surface area contributed by atoms with Crippen LogP contribution in [0.4, 0.5) is 0 Å². The maximum atomic E-state index is 12.0. The van der Waals surface area contributed by atoms with Crippen molar-refractivity contribution in [3.63, 3.8) is 0 Å². The van der Waals surface area contributed by atoms with E-state index in [1.165, 1.54) is 0 Å². The zero-order valence-electron chi connectivity index (χ0n) is 13.8. The van der Waals surface area contributed by atoms with E-state index < -0.39 is 0 Å². The molecule has 1 amide bonds. The minimum atomic E-state index is 0.0375. The monoisotopic (exact) mass is 294 g/mol. The molecule has 1 heterocycles. The normalized spacial score (nSPS) is 19.7. The fraction of sp³-hybridized carbons (Fsp3) is 0.875. The van der Waals surface area contributed by atoms with Crippen molar-refractivity contribution in [1.82, 2.24) is 15.1 Å². The van der Waals surface area contributed by atoms with E-state index in [1.807, 2.05) is 0 Å². The highest BCUT2D eigenvalue weighted by Crippen LogP contribution is 2.10. The SMILES string of the molecule is CCCC(C)NC(=O)CN1CCN(C(C#N)CCC)CC1. The van der Waals surface area contributed by atoms with E-state index >= 15 is 0 Å². The standard InChI is InChI=1S/C16H30N4O/c1-4-6-14(3)18-16(21)13-19-8-10-20(11-9-19)15(12-17)7-5-2/h14-15H,4-11,13H2,1-3H3,(H,18,21). The molecular weight excluding hydrogens is 264 g/mol. The molecule has 1 saturated heterocycles. The van der Waals surface area contributed by atoms with Crippen LogP contribution in [0.2, 0.25) is 0 Å². The van der Waals surface area contributed by atoms with Gasteiger partial charge in [0, 0.05) is 32.2 Å². The summed E-state index contributed by atoms with van der Waals surface area (Å²) < 4.78 is 0. The second-order valence-electron chi connectivity index (χ2n) is 6.00. The molecule has 2 atom stereocenters. The van der Waals surface area contributed by atoms with Gasteiger partial charge >= 0.3 is 0 Å². The lowest BCUT2D eigenvalue weighted by Crippen LogP contribution is -2.52. The topological polar surface area (TPSA) is 59.4 Å². The second-order valence-corrected chi connectivity index (χ2v) is 6.00. The van der Waals surface area contributed by atoms with Crippen molar-refractivity contribution < 1.29 is 4.79 Å². The second kappa shape index (κ2) is 9.75. The van der Waals surface area contributed by atoms with Gasteiger partial charge in [-0.2, -0.15) is 5.26 Å². The molecule has 0 saturated carbocycles. The maximum Gasteiger partial charge on any atom is 0.234 e. The molecule has 5 heteroatoms. The number of carbonyl (C=O) groups is 1. The third-order valence-electron chi connectivity index (χ3n) is 4.06. The Labute approximate surface area is 129 Å². The van der Waals surface area contributed by atoms with Crippen LogP contribution < -0.4 is 5.32 Å². The summed E-state index contributed by atoms with van der Waals surface area (Å²) in [6.07, 6.45) is 4.09. The Bertz CT molecular complexity index is 345. The van der Waals surface area contributed by atoms with Crippen LogP contribution in [0, 0.1) is 11.3 Å². The Morgan fingerprint density at radius 1 is 1.19 bits per heavy atom. The Morgan fingerprint density at radius 2 is 1.81 bits per heavy atom. The molecule has 0 aromatic carbocycles. The van der Waals surface area contributed by atoms with Gasteiger partial charge in [0.1, 0.15) is 0 Å². The fourth-order valence-electron chi connectivity index (χ4n) is 2.86. The van der Waals surface area contributed by atoms with Gasteiger partial charge in [0.05, 0.1) is 18.7 Å². The van der Waals surface area contributed by atoms with Gasteiger partial charge < -0.3 is 5.32 Å². The number of rotatable bonds is 8. The first kappa shape index (κ1) is 17.9. The highest BCUT2D eigenvalue weighted by Gasteiger charge is 2.24. The Balaban J connectivity index is 2.30. The largest absolute Gasteiger partial charge is 0.353 e. The molecule has 0 spiro atoms.